The summed E-state index contributed by atoms with van der Waals surface area (Å²) < 4.78 is 5.21. The van der Waals surface area contributed by atoms with Gasteiger partial charge in [-0.1, -0.05) is 0 Å². The number of hydrogen-bond donors (Lipinski definition) is 1. The predicted molar refractivity (Wildman–Crippen MR) is 68.9 cm³/mol. The number of nitrogens with one attached hydrogen (secondary N) is 1. The predicted octanol–water partition coefficient (Wildman–Crippen LogP) is 1.26. The highest BCUT2D eigenvalue weighted by Gasteiger charge is 2.33. The summed E-state index contributed by atoms with van der Waals surface area (Å²) in [6, 6.07) is 0.213. The van der Waals surface area contributed by atoms with E-state index in [9.17, 15) is 4.79 Å². The van der Waals surface area contributed by atoms with E-state index in [1.807, 2.05) is 25.7 Å². The van der Waals surface area contributed by atoms with Gasteiger partial charge in [0, 0.05) is 26.2 Å². The maximum Gasteiger partial charge on any atom is 0.239 e. The van der Waals surface area contributed by atoms with Crippen molar-refractivity contribution in [1.29, 1.82) is 0 Å². The largest absolute Gasteiger partial charge is 0.383 e. The topological polar surface area (TPSA) is 41.6 Å². The van der Waals surface area contributed by atoms with Crippen LogP contribution < -0.4 is 5.32 Å². The Morgan fingerprint density at radius 1 is 1.41 bits per heavy atom. The molecule has 0 radical (unpaired) electrons. The highest BCUT2D eigenvalue weighted by Crippen LogP contribution is 2.32. The average Bonchev–Trinajstić information content (AvgIpc) is 3.13. The zero-order valence-corrected chi connectivity index (χ0v) is 11.5. The van der Waals surface area contributed by atoms with Gasteiger partial charge in [0.1, 0.15) is 0 Å². The van der Waals surface area contributed by atoms with E-state index in [1.165, 1.54) is 12.8 Å². The Balaban J connectivity index is 2.44. The van der Waals surface area contributed by atoms with Crippen molar-refractivity contribution in [3.63, 3.8) is 0 Å². The van der Waals surface area contributed by atoms with Gasteiger partial charge in [-0.05, 0) is 39.5 Å². The lowest BCUT2D eigenvalue weighted by Crippen LogP contribution is -2.50. The Labute approximate surface area is 105 Å². The second-order valence-corrected chi connectivity index (χ2v) is 4.80. The maximum atomic E-state index is 12.1. The summed E-state index contributed by atoms with van der Waals surface area (Å²) in [5.74, 6) is 0.888. The molecule has 0 aromatic rings. The quantitative estimate of drug-likeness (QED) is 0.696. The van der Waals surface area contributed by atoms with Gasteiger partial charge in [-0.25, -0.2) is 0 Å². The number of nitrogens with zero attached hydrogens (tertiary/aromatic N) is 1. The SMILES string of the molecule is CCN(CC)C(=O)C(C)NC(COC)C1CC1. The molecule has 2 unspecified atom stereocenters. The monoisotopic (exact) mass is 242 g/mol. The van der Waals surface area contributed by atoms with Crippen molar-refractivity contribution < 1.29 is 9.53 Å². The summed E-state index contributed by atoms with van der Waals surface area (Å²) in [7, 11) is 1.72. The molecule has 17 heavy (non-hydrogen) atoms. The van der Waals surface area contributed by atoms with Crippen LogP contribution in [0.5, 0.6) is 0 Å². The van der Waals surface area contributed by atoms with Crippen molar-refractivity contribution >= 4 is 5.91 Å². The summed E-state index contributed by atoms with van der Waals surface area (Å²) >= 11 is 0. The second-order valence-electron chi connectivity index (χ2n) is 4.80. The molecule has 4 heteroatoms. The summed E-state index contributed by atoms with van der Waals surface area (Å²) in [6.07, 6.45) is 2.51. The first kappa shape index (κ1) is 14.5. The molecule has 2 atom stereocenters. The van der Waals surface area contributed by atoms with Gasteiger partial charge in [-0.15, -0.1) is 0 Å². The number of rotatable bonds is 8. The van der Waals surface area contributed by atoms with Crippen molar-refractivity contribution in [2.45, 2.75) is 45.7 Å². The van der Waals surface area contributed by atoms with Gasteiger partial charge in [0.2, 0.25) is 5.91 Å². The van der Waals surface area contributed by atoms with E-state index >= 15 is 0 Å². The molecule has 1 N–H and O–H groups in total. The number of likely N-dealkylation sites (N-methyl/N-ethyl adjacent to an activating group) is 1. The number of methoxy groups -OCH3 is 1. The molecule has 0 aromatic carbocycles. The van der Waals surface area contributed by atoms with E-state index in [2.05, 4.69) is 5.32 Å². The number of carbonyl (C=O) groups is 1. The van der Waals surface area contributed by atoms with E-state index in [-0.39, 0.29) is 11.9 Å². The lowest BCUT2D eigenvalue weighted by atomic mass is 10.1. The lowest BCUT2D eigenvalue weighted by molar-refractivity contribution is -0.133. The van der Waals surface area contributed by atoms with Crippen molar-refractivity contribution in [3.05, 3.63) is 0 Å². The van der Waals surface area contributed by atoms with Crippen LogP contribution in [-0.4, -0.2) is 49.7 Å². The Bertz CT molecular complexity index is 238. The van der Waals surface area contributed by atoms with Crippen LogP contribution in [0.25, 0.3) is 0 Å². The molecule has 0 spiro atoms. The molecule has 1 aliphatic carbocycles. The Hall–Kier alpha value is -0.610. The minimum absolute atomic E-state index is 0.115. The summed E-state index contributed by atoms with van der Waals surface area (Å²) in [6.45, 7) is 8.23. The maximum absolute atomic E-state index is 12.1. The fraction of sp³-hybridized carbons (Fsp3) is 0.923. The first-order chi connectivity index (χ1) is 8.13. The highest BCUT2D eigenvalue weighted by atomic mass is 16.5. The second kappa shape index (κ2) is 6.97. The lowest BCUT2D eigenvalue weighted by Gasteiger charge is -2.27. The highest BCUT2D eigenvalue weighted by molar-refractivity contribution is 5.81. The molecule has 1 fully saturated rings. The van der Waals surface area contributed by atoms with Crippen molar-refractivity contribution in [2.24, 2.45) is 5.92 Å². The third kappa shape index (κ3) is 4.28. The van der Waals surface area contributed by atoms with E-state index < -0.39 is 0 Å². The molecule has 1 aliphatic rings. The van der Waals surface area contributed by atoms with Crippen LogP contribution in [0.15, 0.2) is 0 Å². The molecule has 0 saturated heterocycles. The van der Waals surface area contributed by atoms with Gasteiger partial charge < -0.3 is 15.0 Å². The standard InChI is InChI=1S/C13H26N2O2/c1-5-15(6-2)13(16)10(3)14-12(9-17-4)11-7-8-11/h10-12,14H,5-9H2,1-4H3. The third-order valence-electron chi connectivity index (χ3n) is 3.45. The molecule has 0 aliphatic heterocycles. The molecule has 4 nitrogen and oxygen atoms in total. The summed E-state index contributed by atoms with van der Waals surface area (Å²) in [5.41, 5.74) is 0. The first-order valence-electron chi connectivity index (χ1n) is 6.67. The van der Waals surface area contributed by atoms with Gasteiger partial charge >= 0.3 is 0 Å². The molecule has 0 bridgehead atoms. The van der Waals surface area contributed by atoms with Crippen LogP contribution in [0.3, 0.4) is 0 Å². The van der Waals surface area contributed by atoms with Crippen LogP contribution in [0.2, 0.25) is 0 Å². The molecule has 0 aromatic heterocycles. The van der Waals surface area contributed by atoms with Crippen LogP contribution in [-0.2, 0) is 9.53 Å². The minimum Gasteiger partial charge on any atom is -0.383 e. The van der Waals surface area contributed by atoms with Crippen molar-refractivity contribution in [1.82, 2.24) is 10.2 Å². The molecular formula is C13H26N2O2. The molecular weight excluding hydrogens is 216 g/mol. The van der Waals surface area contributed by atoms with Gasteiger partial charge in [-0.2, -0.15) is 0 Å². The molecule has 1 rings (SSSR count). The zero-order chi connectivity index (χ0) is 12.8. The van der Waals surface area contributed by atoms with Gasteiger partial charge in [0.15, 0.2) is 0 Å². The molecule has 0 heterocycles. The zero-order valence-electron chi connectivity index (χ0n) is 11.5. The van der Waals surface area contributed by atoms with E-state index in [0.717, 1.165) is 13.1 Å². The number of amides is 1. The number of carbonyl (C=O) groups excluding carboxylic acids is 1. The normalized spacial score (nSPS) is 18.8. The number of hydrogen-bond acceptors (Lipinski definition) is 3. The Morgan fingerprint density at radius 2 is 2.00 bits per heavy atom. The number of ether oxygens (including phenoxy) is 1. The summed E-state index contributed by atoms with van der Waals surface area (Å²) in [5, 5.41) is 3.41. The van der Waals surface area contributed by atoms with Crippen molar-refractivity contribution in [3.8, 4) is 0 Å². The van der Waals surface area contributed by atoms with E-state index in [4.69, 9.17) is 4.74 Å². The molecule has 1 saturated carbocycles. The van der Waals surface area contributed by atoms with E-state index in [0.29, 0.717) is 18.6 Å². The van der Waals surface area contributed by atoms with E-state index in [1.54, 1.807) is 7.11 Å². The van der Waals surface area contributed by atoms with Gasteiger partial charge in [0.05, 0.1) is 12.6 Å². The Morgan fingerprint density at radius 3 is 2.41 bits per heavy atom. The van der Waals surface area contributed by atoms with Gasteiger partial charge in [-0.3, -0.25) is 4.79 Å². The minimum atomic E-state index is -0.115. The first-order valence-corrected chi connectivity index (χ1v) is 6.67. The van der Waals surface area contributed by atoms with Crippen molar-refractivity contribution in [2.75, 3.05) is 26.8 Å². The average molecular weight is 242 g/mol. The van der Waals surface area contributed by atoms with Gasteiger partial charge in [0.25, 0.3) is 0 Å². The fourth-order valence-corrected chi connectivity index (χ4v) is 2.20. The Kier molecular flexibility index (Phi) is 5.92. The smallest absolute Gasteiger partial charge is 0.239 e. The molecule has 1 amide bonds. The van der Waals surface area contributed by atoms with Crippen LogP contribution in [0.1, 0.15) is 33.6 Å². The third-order valence-corrected chi connectivity index (χ3v) is 3.45. The van der Waals surface area contributed by atoms with Crippen LogP contribution in [0.4, 0.5) is 0 Å². The summed E-state index contributed by atoms with van der Waals surface area (Å²) in [4.78, 5) is 14.0. The molecule has 100 valence electrons. The van der Waals surface area contributed by atoms with Crippen LogP contribution in [0, 0.1) is 5.92 Å². The fourth-order valence-electron chi connectivity index (χ4n) is 2.20. The van der Waals surface area contributed by atoms with Crippen LogP contribution >= 0.6 is 0 Å².